The van der Waals surface area contributed by atoms with Crippen LogP contribution in [-0.4, -0.2) is 28.3 Å². The lowest BCUT2D eigenvalue weighted by molar-refractivity contribution is 0.361. The van der Waals surface area contributed by atoms with Crippen LogP contribution in [0.4, 0.5) is 0 Å². The van der Waals surface area contributed by atoms with Crippen molar-refractivity contribution in [2.45, 2.75) is 6.92 Å². The first-order valence-corrected chi connectivity index (χ1v) is 3.39. The molecule has 0 fully saturated rings. The molecule has 0 aliphatic rings. The average molecular weight is 168 g/mol. The van der Waals surface area contributed by atoms with Crippen LogP contribution in [0.1, 0.15) is 5.56 Å². The summed E-state index contributed by atoms with van der Waals surface area (Å²) in [5.74, 6) is -1.78. The van der Waals surface area contributed by atoms with Gasteiger partial charge in [-0.25, -0.2) is 0 Å². The molecule has 0 aliphatic carbocycles. The molecule has 0 amide bonds. The highest BCUT2D eigenvalue weighted by Gasteiger charge is 2.16. The number of rotatable bonds is 0. The van der Waals surface area contributed by atoms with Crippen LogP contribution in [0.25, 0.3) is 0 Å². The molecule has 64 valence electrons. The van der Waals surface area contributed by atoms with Crippen LogP contribution in [0.2, 0.25) is 0 Å². The fourth-order valence-corrected chi connectivity index (χ4v) is 0.973. The highest BCUT2D eigenvalue weighted by atomic mass is 16.3. The maximum Gasteiger partial charge on any atom is 0.200 e. The molecule has 0 radical (unpaired) electrons. The number of aromatic hydroxyl groups is 4. The predicted octanol–water partition coefficient (Wildman–Crippen LogP) is -0.924. The fraction of sp³-hybridized carbons (Fsp3) is 0.143. The minimum atomic E-state index is -0.595. The van der Waals surface area contributed by atoms with Gasteiger partial charge in [0.15, 0.2) is 17.2 Å². The first-order chi connectivity index (χ1) is 5.46. The van der Waals surface area contributed by atoms with Gasteiger partial charge in [0, 0.05) is 5.56 Å². The topological polar surface area (TPSA) is 80.9 Å². The molecule has 0 spiro atoms. The smallest absolute Gasteiger partial charge is 0.200 e. The van der Waals surface area contributed by atoms with E-state index in [-0.39, 0.29) is 16.8 Å². The van der Waals surface area contributed by atoms with Crippen LogP contribution in [0.5, 0.6) is 23.0 Å². The average Bonchev–Trinajstić information content (AvgIpc) is 2.08. The number of benzene rings is 1. The van der Waals surface area contributed by atoms with E-state index in [9.17, 15) is 5.11 Å². The molecule has 0 saturated carbocycles. The van der Waals surface area contributed by atoms with E-state index >= 15 is 0 Å². The normalized spacial score (nSPS) is 10.1. The number of phenols is 4. The van der Waals surface area contributed by atoms with E-state index in [1.807, 2.05) is 0 Å². The zero-order valence-corrected chi connectivity index (χ0v) is 6.79. The second-order valence-electron chi connectivity index (χ2n) is 2.64. The molecule has 1 rings (SSSR count). The summed E-state index contributed by atoms with van der Waals surface area (Å²) in [5, 5.41) is 36.6. The van der Waals surface area contributed by atoms with Crippen molar-refractivity contribution in [2.24, 2.45) is 0 Å². The zero-order valence-electron chi connectivity index (χ0n) is 6.79. The molecular weight excluding hydrogens is 159 g/mol. The van der Waals surface area contributed by atoms with Gasteiger partial charge < -0.3 is 20.4 Å². The molecule has 5 heteroatoms. The minimum absolute atomic E-state index is 0.155. The Morgan fingerprint density at radius 1 is 0.833 bits per heavy atom. The van der Waals surface area contributed by atoms with E-state index in [4.69, 9.17) is 15.3 Å². The van der Waals surface area contributed by atoms with Gasteiger partial charge in [0.25, 0.3) is 0 Å². The van der Waals surface area contributed by atoms with Crippen molar-refractivity contribution in [3.8, 4) is 23.0 Å². The minimum Gasteiger partial charge on any atom is -0.508 e. The first kappa shape index (κ1) is 8.58. The van der Waals surface area contributed by atoms with Gasteiger partial charge >= 0.3 is 0 Å². The molecule has 0 heterocycles. The molecule has 4 N–H and O–H groups in total. The number of hydrogen-bond donors (Lipinski definition) is 4. The van der Waals surface area contributed by atoms with Gasteiger partial charge in [-0.15, -0.1) is 0 Å². The SMILES string of the molecule is Bc1c(O)c(C)c(O)c(O)c1O. The Bertz CT molecular complexity index is 230. The van der Waals surface area contributed by atoms with Crippen LogP contribution in [0.15, 0.2) is 0 Å². The van der Waals surface area contributed by atoms with Crippen molar-refractivity contribution in [3.63, 3.8) is 0 Å². The van der Waals surface area contributed by atoms with Gasteiger partial charge in [-0.3, -0.25) is 0 Å². The van der Waals surface area contributed by atoms with E-state index in [0.717, 1.165) is 0 Å². The summed E-state index contributed by atoms with van der Waals surface area (Å²) in [6, 6.07) is 0. The van der Waals surface area contributed by atoms with Crippen molar-refractivity contribution < 1.29 is 20.4 Å². The Morgan fingerprint density at radius 2 is 1.33 bits per heavy atom. The van der Waals surface area contributed by atoms with E-state index in [2.05, 4.69) is 0 Å². The molecule has 0 atom stereocenters. The van der Waals surface area contributed by atoms with Gasteiger partial charge in [0.1, 0.15) is 13.6 Å². The maximum atomic E-state index is 9.26. The summed E-state index contributed by atoms with van der Waals surface area (Å²) < 4.78 is 0. The summed E-state index contributed by atoms with van der Waals surface area (Å²) in [6.45, 7) is 1.44. The molecule has 0 saturated heterocycles. The van der Waals surface area contributed by atoms with E-state index in [1.165, 1.54) is 14.8 Å². The lowest BCUT2D eigenvalue weighted by Crippen LogP contribution is -2.05. The van der Waals surface area contributed by atoms with Crippen LogP contribution in [-0.2, 0) is 0 Å². The van der Waals surface area contributed by atoms with Crippen molar-refractivity contribution in [3.05, 3.63) is 5.56 Å². The van der Waals surface area contributed by atoms with Gasteiger partial charge in [0.05, 0.1) is 0 Å². The van der Waals surface area contributed by atoms with Crippen molar-refractivity contribution in [2.75, 3.05) is 0 Å². The number of phenolic OH excluding ortho intramolecular Hbond substituents is 4. The Kier molecular flexibility index (Phi) is 1.80. The summed E-state index contributed by atoms with van der Waals surface area (Å²) >= 11 is 0. The van der Waals surface area contributed by atoms with Gasteiger partial charge in [0.2, 0.25) is 0 Å². The largest absolute Gasteiger partial charge is 0.508 e. The molecular formula is C7H9BO4. The van der Waals surface area contributed by atoms with Crippen LogP contribution in [0.3, 0.4) is 0 Å². The Hall–Kier alpha value is -1.52. The maximum absolute atomic E-state index is 9.26. The monoisotopic (exact) mass is 168 g/mol. The highest BCUT2D eigenvalue weighted by Crippen LogP contribution is 2.39. The lowest BCUT2D eigenvalue weighted by Gasteiger charge is -2.09. The third-order valence-corrected chi connectivity index (χ3v) is 1.87. The summed E-state index contributed by atoms with van der Waals surface area (Å²) in [6.07, 6.45) is 0. The molecule has 0 bridgehead atoms. The third kappa shape index (κ3) is 0.940. The lowest BCUT2D eigenvalue weighted by atomic mass is 9.91. The van der Waals surface area contributed by atoms with Gasteiger partial charge in [-0.05, 0) is 12.4 Å². The van der Waals surface area contributed by atoms with Gasteiger partial charge in [-0.1, -0.05) is 0 Å². The van der Waals surface area contributed by atoms with Crippen molar-refractivity contribution >= 4 is 13.3 Å². The van der Waals surface area contributed by atoms with Crippen LogP contribution < -0.4 is 5.46 Å². The molecule has 12 heavy (non-hydrogen) atoms. The molecule has 1 aromatic carbocycles. The van der Waals surface area contributed by atoms with Crippen molar-refractivity contribution in [1.29, 1.82) is 0 Å². The first-order valence-electron chi connectivity index (χ1n) is 3.39. The standard InChI is InChI=1S/C7H9BO4/c1-2-4(9)3(8)6(11)7(12)5(2)10/h9-12H,8H2,1H3. The predicted molar refractivity (Wildman–Crippen MR) is 46.0 cm³/mol. The van der Waals surface area contributed by atoms with Crippen LogP contribution in [0, 0.1) is 6.92 Å². The Balaban J connectivity index is 3.60. The summed E-state index contributed by atoms with van der Waals surface area (Å²) in [7, 11) is 1.44. The third-order valence-electron chi connectivity index (χ3n) is 1.87. The molecule has 1 aromatic rings. The van der Waals surface area contributed by atoms with E-state index < -0.39 is 17.2 Å². The Morgan fingerprint density at radius 3 is 1.83 bits per heavy atom. The Labute approximate surface area is 70.1 Å². The molecule has 0 unspecified atom stereocenters. The van der Waals surface area contributed by atoms with E-state index in [0.29, 0.717) is 0 Å². The van der Waals surface area contributed by atoms with Gasteiger partial charge in [-0.2, -0.15) is 0 Å². The fourth-order valence-electron chi connectivity index (χ4n) is 0.973. The molecule has 0 aromatic heterocycles. The zero-order chi connectivity index (χ0) is 9.46. The quantitative estimate of drug-likeness (QED) is 0.229. The molecule has 0 aliphatic heterocycles. The number of hydrogen-bond acceptors (Lipinski definition) is 4. The van der Waals surface area contributed by atoms with Crippen LogP contribution >= 0.6 is 0 Å². The highest BCUT2D eigenvalue weighted by molar-refractivity contribution is 6.36. The van der Waals surface area contributed by atoms with E-state index in [1.54, 1.807) is 0 Å². The molecule has 4 nitrogen and oxygen atoms in total. The summed E-state index contributed by atoms with van der Waals surface area (Å²) in [4.78, 5) is 0. The van der Waals surface area contributed by atoms with Crippen molar-refractivity contribution in [1.82, 2.24) is 0 Å². The second-order valence-corrected chi connectivity index (χ2v) is 2.64. The second kappa shape index (κ2) is 2.51. The summed E-state index contributed by atoms with van der Waals surface area (Å²) in [5.41, 5.74) is 0.311.